The van der Waals surface area contributed by atoms with Gasteiger partial charge in [-0.15, -0.1) is 0 Å². The highest BCUT2D eigenvalue weighted by molar-refractivity contribution is 5.75. The van der Waals surface area contributed by atoms with Gasteiger partial charge < -0.3 is 15.4 Å². The molecule has 2 saturated carbocycles. The smallest absolute Gasteiger partial charge is 0.311 e. The van der Waals surface area contributed by atoms with Crippen molar-refractivity contribution in [3.63, 3.8) is 0 Å². The number of nitrogens with one attached hydrogen (secondary N) is 2. The monoisotopic (exact) mass is 277 g/mol. The maximum atomic E-state index is 11.6. The number of carbonyl (C=O) groups is 1. The maximum absolute atomic E-state index is 11.6. The van der Waals surface area contributed by atoms with Gasteiger partial charge in [-0.3, -0.25) is 9.59 Å². The Kier molecular flexibility index (Phi) is 3.23. The molecule has 0 unspecified atom stereocenters. The van der Waals surface area contributed by atoms with Crippen LogP contribution in [-0.2, 0) is 4.79 Å². The maximum Gasteiger partial charge on any atom is 0.311 e. The van der Waals surface area contributed by atoms with E-state index in [1.165, 1.54) is 6.07 Å². The van der Waals surface area contributed by atoms with Crippen LogP contribution < -0.4 is 10.9 Å². The van der Waals surface area contributed by atoms with E-state index in [0.29, 0.717) is 31.1 Å². The van der Waals surface area contributed by atoms with Crippen molar-refractivity contribution in [2.45, 2.75) is 44.4 Å². The second kappa shape index (κ2) is 4.92. The van der Waals surface area contributed by atoms with Crippen molar-refractivity contribution in [2.24, 2.45) is 5.41 Å². The number of carboxylic acids is 1. The Labute approximate surface area is 116 Å². The summed E-state index contributed by atoms with van der Waals surface area (Å²) in [7, 11) is 0. The molecule has 0 spiro atoms. The Morgan fingerprint density at radius 1 is 1.45 bits per heavy atom. The van der Waals surface area contributed by atoms with Crippen molar-refractivity contribution in [1.29, 1.82) is 0 Å². The highest BCUT2D eigenvalue weighted by atomic mass is 16.4. The largest absolute Gasteiger partial charge is 0.481 e. The average Bonchev–Trinajstić information content (AvgIpc) is 3.14. The summed E-state index contributed by atoms with van der Waals surface area (Å²) in [5.41, 5.74) is -0.885. The molecule has 0 saturated heterocycles. The van der Waals surface area contributed by atoms with E-state index in [9.17, 15) is 14.7 Å². The third kappa shape index (κ3) is 2.55. The summed E-state index contributed by atoms with van der Waals surface area (Å²) < 4.78 is 0. The van der Waals surface area contributed by atoms with Gasteiger partial charge in [0.1, 0.15) is 11.6 Å². The fraction of sp³-hybridized carbons (Fsp3) is 0.643. The molecule has 0 atom stereocenters. The molecule has 108 valence electrons. The lowest BCUT2D eigenvalue weighted by Crippen LogP contribution is -2.35. The molecule has 6 heteroatoms. The Balaban J connectivity index is 1.74. The zero-order chi connectivity index (χ0) is 14.2. The van der Waals surface area contributed by atoms with Crippen LogP contribution in [0.3, 0.4) is 0 Å². The van der Waals surface area contributed by atoms with Crippen LogP contribution in [0.15, 0.2) is 10.9 Å². The summed E-state index contributed by atoms with van der Waals surface area (Å²) in [6, 6.07) is 1.40. The number of hydrogen-bond acceptors (Lipinski definition) is 4. The van der Waals surface area contributed by atoms with Gasteiger partial charge in [0.25, 0.3) is 5.56 Å². The summed E-state index contributed by atoms with van der Waals surface area (Å²) in [5, 5.41) is 12.5. The van der Waals surface area contributed by atoms with Gasteiger partial charge in [0, 0.05) is 18.5 Å². The predicted octanol–water partition coefficient (Wildman–Crippen LogP) is 1.70. The van der Waals surface area contributed by atoms with Gasteiger partial charge in [-0.1, -0.05) is 12.8 Å². The normalized spacial score (nSPS) is 20.8. The van der Waals surface area contributed by atoms with Crippen LogP contribution in [0.2, 0.25) is 0 Å². The van der Waals surface area contributed by atoms with Gasteiger partial charge >= 0.3 is 5.97 Å². The molecule has 0 radical (unpaired) electrons. The Bertz CT molecular complexity index is 571. The SMILES string of the molecule is O=C(O)C1(CNc2cc(=O)[nH]c(C3CC3)n2)CCCC1. The minimum absolute atomic E-state index is 0.180. The standard InChI is InChI=1S/C14H19N3O3/c18-11-7-10(16-12(17-11)9-3-4-9)15-8-14(13(19)20)5-1-2-6-14/h7,9H,1-6,8H2,(H,19,20)(H2,15,16,17,18). The molecule has 1 aromatic rings. The quantitative estimate of drug-likeness (QED) is 0.761. The van der Waals surface area contributed by atoms with Crippen LogP contribution in [0.4, 0.5) is 5.82 Å². The van der Waals surface area contributed by atoms with E-state index in [1.807, 2.05) is 0 Å². The number of nitrogens with zero attached hydrogens (tertiary/aromatic N) is 1. The molecule has 1 aromatic heterocycles. The van der Waals surface area contributed by atoms with E-state index in [2.05, 4.69) is 15.3 Å². The minimum atomic E-state index is -0.755. The van der Waals surface area contributed by atoms with Crippen LogP contribution in [0.25, 0.3) is 0 Å². The van der Waals surface area contributed by atoms with Gasteiger partial charge in [0.15, 0.2) is 0 Å². The molecule has 2 aliphatic carbocycles. The molecule has 3 rings (SSSR count). The number of aromatic nitrogens is 2. The van der Waals surface area contributed by atoms with Crippen molar-refractivity contribution in [2.75, 3.05) is 11.9 Å². The number of aromatic amines is 1. The number of H-pyrrole nitrogens is 1. The summed E-state index contributed by atoms with van der Waals surface area (Å²) in [6.45, 7) is 0.336. The highest BCUT2D eigenvalue weighted by Crippen LogP contribution is 2.39. The lowest BCUT2D eigenvalue weighted by molar-refractivity contribution is -0.147. The summed E-state index contributed by atoms with van der Waals surface area (Å²) in [4.78, 5) is 30.2. The molecule has 2 aliphatic rings. The molecular formula is C14H19N3O3. The zero-order valence-corrected chi connectivity index (χ0v) is 11.3. The van der Waals surface area contributed by atoms with E-state index < -0.39 is 11.4 Å². The van der Waals surface area contributed by atoms with Gasteiger partial charge in [-0.2, -0.15) is 0 Å². The van der Waals surface area contributed by atoms with Crippen molar-refractivity contribution in [1.82, 2.24) is 9.97 Å². The molecule has 6 nitrogen and oxygen atoms in total. The lowest BCUT2D eigenvalue weighted by atomic mass is 9.86. The third-order valence-corrected chi connectivity index (χ3v) is 4.35. The van der Waals surface area contributed by atoms with Gasteiger partial charge in [-0.05, 0) is 25.7 Å². The second-order valence-corrected chi connectivity index (χ2v) is 5.94. The van der Waals surface area contributed by atoms with Crippen molar-refractivity contribution in [3.8, 4) is 0 Å². The summed E-state index contributed by atoms with van der Waals surface area (Å²) in [6.07, 6.45) is 5.40. The molecule has 3 N–H and O–H groups in total. The number of hydrogen-bond donors (Lipinski definition) is 3. The molecule has 20 heavy (non-hydrogen) atoms. The minimum Gasteiger partial charge on any atom is -0.481 e. The van der Waals surface area contributed by atoms with E-state index in [-0.39, 0.29) is 5.56 Å². The first-order valence-electron chi connectivity index (χ1n) is 7.18. The van der Waals surface area contributed by atoms with Crippen LogP contribution in [0.1, 0.15) is 50.3 Å². The summed E-state index contributed by atoms with van der Waals surface area (Å²) >= 11 is 0. The van der Waals surface area contributed by atoms with Crippen molar-refractivity contribution in [3.05, 3.63) is 22.2 Å². The topological polar surface area (TPSA) is 95.1 Å². The van der Waals surface area contributed by atoms with E-state index in [0.717, 1.165) is 31.5 Å². The Morgan fingerprint density at radius 2 is 2.15 bits per heavy atom. The first-order valence-corrected chi connectivity index (χ1v) is 7.18. The third-order valence-electron chi connectivity index (χ3n) is 4.35. The molecule has 0 aliphatic heterocycles. The molecule has 0 aromatic carbocycles. The Hall–Kier alpha value is -1.85. The molecule has 0 amide bonds. The van der Waals surface area contributed by atoms with Gasteiger partial charge in [0.05, 0.1) is 5.41 Å². The first kappa shape index (κ1) is 13.1. The fourth-order valence-electron chi connectivity index (χ4n) is 2.89. The van der Waals surface area contributed by atoms with Crippen molar-refractivity contribution < 1.29 is 9.90 Å². The Morgan fingerprint density at radius 3 is 2.75 bits per heavy atom. The van der Waals surface area contributed by atoms with Crippen molar-refractivity contribution >= 4 is 11.8 Å². The van der Waals surface area contributed by atoms with E-state index in [4.69, 9.17) is 0 Å². The first-order chi connectivity index (χ1) is 9.59. The average molecular weight is 277 g/mol. The van der Waals surface area contributed by atoms with E-state index in [1.54, 1.807) is 0 Å². The molecule has 2 fully saturated rings. The van der Waals surface area contributed by atoms with Crippen LogP contribution in [0, 0.1) is 5.41 Å². The zero-order valence-electron chi connectivity index (χ0n) is 11.3. The highest BCUT2D eigenvalue weighted by Gasteiger charge is 2.41. The van der Waals surface area contributed by atoms with Crippen LogP contribution in [0.5, 0.6) is 0 Å². The lowest BCUT2D eigenvalue weighted by Gasteiger charge is -2.24. The number of aliphatic carboxylic acids is 1. The van der Waals surface area contributed by atoms with Crippen LogP contribution in [-0.4, -0.2) is 27.6 Å². The fourth-order valence-corrected chi connectivity index (χ4v) is 2.89. The van der Waals surface area contributed by atoms with Crippen LogP contribution >= 0.6 is 0 Å². The number of rotatable bonds is 5. The molecular weight excluding hydrogens is 258 g/mol. The second-order valence-electron chi connectivity index (χ2n) is 5.94. The van der Waals surface area contributed by atoms with E-state index >= 15 is 0 Å². The number of carboxylic acid groups (broad SMARTS) is 1. The predicted molar refractivity (Wildman–Crippen MR) is 73.9 cm³/mol. The summed E-state index contributed by atoms with van der Waals surface area (Å²) in [5.74, 6) is 0.818. The van der Waals surface area contributed by atoms with Gasteiger partial charge in [0.2, 0.25) is 0 Å². The molecule has 1 heterocycles. The van der Waals surface area contributed by atoms with Gasteiger partial charge in [-0.25, -0.2) is 4.98 Å². The number of anilines is 1. The molecule has 0 bridgehead atoms.